The van der Waals surface area contributed by atoms with Crippen LogP contribution in [0.2, 0.25) is 0 Å². The smallest absolute Gasteiger partial charge is 0.337 e. The summed E-state index contributed by atoms with van der Waals surface area (Å²) in [6, 6.07) is 18.6. The molecule has 3 rings (SSSR count). The molecule has 2 aromatic carbocycles. The van der Waals surface area contributed by atoms with Crippen LogP contribution in [-0.4, -0.2) is 18.2 Å². The molecule has 1 aliphatic rings. The molecular weight excluding hydrogens is 370 g/mol. The van der Waals surface area contributed by atoms with Gasteiger partial charge in [0.05, 0.1) is 30.4 Å². The van der Waals surface area contributed by atoms with E-state index in [0.717, 1.165) is 23.4 Å². The third-order valence-corrected chi connectivity index (χ3v) is 4.90. The molecule has 1 aliphatic heterocycles. The standard InChI is InChI=1S/C22H21N3O2S/c1-3-8-18-19(21(26)27-2)20(16-10-7-9-15(13-16)14-23)24-22(28)25(18)17-11-5-4-6-12-17/h4-7,9-13,20H,3,8H2,1-2H3,(H,24,28)/t20-/m1/s1. The molecule has 0 saturated heterocycles. The maximum Gasteiger partial charge on any atom is 0.337 e. The van der Waals surface area contributed by atoms with Crippen molar-refractivity contribution < 1.29 is 9.53 Å². The van der Waals surface area contributed by atoms with Crippen LogP contribution in [0.25, 0.3) is 0 Å². The summed E-state index contributed by atoms with van der Waals surface area (Å²) >= 11 is 5.68. The van der Waals surface area contributed by atoms with Gasteiger partial charge in [0.2, 0.25) is 0 Å². The molecule has 2 aromatic rings. The van der Waals surface area contributed by atoms with Crippen LogP contribution < -0.4 is 10.2 Å². The van der Waals surface area contributed by atoms with Crippen molar-refractivity contribution in [1.29, 1.82) is 5.26 Å². The molecule has 142 valence electrons. The average molecular weight is 391 g/mol. The van der Waals surface area contributed by atoms with Crippen molar-refractivity contribution in [3.63, 3.8) is 0 Å². The van der Waals surface area contributed by atoms with E-state index in [1.54, 1.807) is 18.2 Å². The number of rotatable bonds is 5. The topological polar surface area (TPSA) is 65.4 Å². The van der Waals surface area contributed by atoms with Crippen LogP contribution in [0.3, 0.4) is 0 Å². The molecule has 0 bridgehead atoms. The Bertz CT molecular complexity index is 963. The summed E-state index contributed by atoms with van der Waals surface area (Å²) in [5.41, 5.74) is 3.53. The second-order valence-electron chi connectivity index (χ2n) is 6.39. The number of nitrogens with zero attached hydrogens (tertiary/aromatic N) is 2. The number of benzene rings is 2. The summed E-state index contributed by atoms with van der Waals surface area (Å²) in [5.74, 6) is -0.410. The second-order valence-corrected chi connectivity index (χ2v) is 6.78. The number of esters is 1. The SMILES string of the molecule is CCCC1=C(C(=O)OC)[C@@H](c2cccc(C#N)c2)NC(=S)N1c1ccccc1. The van der Waals surface area contributed by atoms with Crippen LogP contribution in [0.4, 0.5) is 5.69 Å². The fourth-order valence-electron chi connectivity index (χ4n) is 3.39. The first-order chi connectivity index (χ1) is 13.6. The van der Waals surface area contributed by atoms with Crippen molar-refractivity contribution >= 4 is 29.0 Å². The lowest BCUT2D eigenvalue weighted by Crippen LogP contribution is -2.48. The Hall–Kier alpha value is -3.17. The zero-order chi connectivity index (χ0) is 20.1. The molecule has 1 N–H and O–H groups in total. The van der Waals surface area contributed by atoms with E-state index < -0.39 is 12.0 Å². The Morgan fingerprint density at radius 1 is 1.25 bits per heavy atom. The van der Waals surface area contributed by atoms with Crippen LogP contribution in [0, 0.1) is 11.3 Å². The molecule has 0 aliphatic carbocycles. The van der Waals surface area contributed by atoms with Gasteiger partial charge in [0.15, 0.2) is 5.11 Å². The van der Waals surface area contributed by atoms with Crippen molar-refractivity contribution in [1.82, 2.24) is 5.32 Å². The third kappa shape index (κ3) is 3.75. The maximum absolute atomic E-state index is 12.8. The van der Waals surface area contributed by atoms with Gasteiger partial charge in [-0.3, -0.25) is 4.90 Å². The highest BCUT2D eigenvalue weighted by Gasteiger charge is 2.36. The summed E-state index contributed by atoms with van der Waals surface area (Å²) in [6.07, 6.45) is 1.50. The monoisotopic (exact) mass is 391 g/mol. The Labute approximate surface area is 170 Å². The minimum absolute atomic E-state index is 0.410. The first-order valence-corrected chi connectivity index (χ1v) is 9.48. The van der Waals surface area contributed by atoms with E-state index in [4.69, 9.17) is 17.0 Å². The Kier molecular flexibility index (Phi) is 6.07. The molecule has 1 heterocycles. The van der Waals surface area contributed by atoms with E-state index in [1.807, 2.05) is 41.3 Å². The summed E-state index contributed by atoms with van der Waals surface area (Å²) in [6.45, 7) is 2.06. The highest BCUT2D eigenvalue weighted by molar-refractivity contribution is 7.80. The van der Waals surface area contributed by atoms with Gasteiger partial charge >= 0.3 is 5.97 Å². The van der Waals surface area contributed by atoms with Crippen molar-refractivity contribution in [2.75, 3.05) is 12.0 Å². The number of para-hydroxylation sites is 1. The second kappa shape index (κ2) is 8.68. The van der Waals surface area contributed by atoms with Gasteiger partial charge < -0.3 is 10.1 Å². The van der Waals surface area contributed by atoms with Crippen molar-refractivity contribution in [2.24, 2.45) is 0 Å². The molecular formula is C22H21N3O2S. The minimum Gasteiger partial charge on any atom is -0.466 e. The zero-order valence-corrected chi connectivity index (χ0v) is 16.6. The lowest BCUT2D eigenvalue weighted by Gasteiger charge is -2.38. The normalized spacial score (nSPS) is 16.4. The quantitative estimate of drug-likeness (QED) is 0.608. The highest BCUT2D eigenvalue weighted by atomic mass is 32.1. The van der Waals surface area contributed by atoms with Crippen LogP contribution in [0.5, 0.6) is 0 Å². The van der Waals surface area contributed by atoms with Gasteiger partial charge in [0.25, 0.3) is 0 Å². The third-order valence-electron chi connectivity index (χ3n) is 4.60. The summed E-state index contributed by atoms with van der Waals surface area (Å²) < 4.78 is 5.12. The van der Waals surface area contributed by atoms with E-state index in [1.165, 1.54) is 7.11 Å². The molecule has 0 unspecified atom stereocenters. The molecule has 1 atom stereocenters. The summed E-state index contributed by atoms with van der Waals surface area (Å²) in [4.78, 5) is 14.7. The summed E-state index contributed by atoms with van der Waals surface area (Å²) in [5, 5.41) is 13.0. The predicted molar refractivity (Wildman–Crippen MR) is 113 cm³/mol. The van der Waals surface area contributed by atoms with Crippen molar-refractivity contribution in [3.8, 4) is 6.07 Å². The highest BCUT2D eigenvalue weighted by Crippen LogP contribution is 2.36. The van der Waals surface area contributed by atoms with Crippen LogP contribution >= 0.6 is 12.2 Å². The van der Waals surface area contributed by atoms with Gasteiger partial charge in [-0.1, -0.05) is 43.7 Å². The van der Waals surface area contributed by atoms with E-state index >= 15 is 0 Å². The molecule has 28 heavy (non-hydrogen) atoms. The molecule has 0 spiro atoms. The number of ether oxygens (including phenoxy) is 1. The van der Waals surface area contributed by atoms with Gasteiger partial charge in [-0.25, -0.2) is 4.79 Å². The van der Waals surface area contributed by atoms with E-state index in [2.05, 4.69) is 18.3 Å². The van der Waals surface area contributed by atoms with E-state index in [0.29, 0.717) is 22.7 Å². The number of hydrogen-bond acceptors (Lipinski definition) is 4. The molecule has 6 heteroatoms. The van der Waals surface area contributed by atoms with Crippen LogP contribution in [-0.2, 0) is 9.53 Å². The Balaban J connectivity index is 2.21. The largest absolute Gasteiger partial charge is 0.466 e. The number of carbonyl (C=O) groups is 1. The van der Waals surface area contributed by atoms with Crippen LogP contribution in [0.15, 0.2) is 65.9 Å². The minimum atomic E-state index is -0.477. The first kappa shape index (κ1) is 19.6. The predicted octanol–water partition coefficient (Wildman–Crippen LogP) is 4.22. The fraction of sp³-hybridized carbons (Fsp3) is 0.227. The molecule has 0 fully saturated rings. The van der Waals surface area contributed by atoms with Gasteiger partial charge in [-0.15, -0.1) is 0 Å². The lowest BCUT2D eigenvalue weighted by molar-refractivity contribution is -0.136. The number of anilines is 1. The molecule has 0 aromatic heterocycles. The van der Waals surface area contributed by atoms with Crippen LogP contribution in [0.1, 0.15) is 36.9 Å². The van der Waals surface area contributed by atoms with Gasteiger partial charge in [0.1, 0.15) is 0 Å². The zero-order valence-electron chi connectivity index (χ0n) is 15.8. The average Bonchev–Trinajstić information content (AvgIpc) is 2.74. The van der Waals surface area contributed by atoms with Crippen molar-refractivity contribution in [2.45, 2.75) is 25.8 Å². The maximum atomic E-state index is 12.8. The molecule has 5 nitrogen and oxygen atoms in total. The fourth-order valence-corrected chi connectivity index (χ4v) is 3.72. The number of allylic oxidation sites excluding steroid dienone is 1. The number of methoxy groups -OCH3 is 1. The van der Waals surface area contributed by atoms with E-state index in [-0.39, 0.29) is 0 Å². The Morgan fingerprint density at radius 2 is 2.00 bits per heavy atom. The van der Waals surface area contributed by atoms with Crippen molar-refractivity contribution in [3.05, 3.63) is 77.0 Å². The molecule has 0 saturated carbocycles. The first-order valence-electron chi connectivity index (χ1n) is 9.07. The Morgan fingerprint density at radius 3 is 2.64 bits per heavy atom. The lowest BCUT2D eigenvalue weighted by atomic mass is 9.92. The number of nitriles is 1. The summed E-state index contributed by atoms with van der Waals surface area (Å²) in [7, 11) is 1.38. The van der Waals surface area contributed by atoms with Gasteiger partial charge in [0, 0.05) is 11.4 Å². The number of thiocarbonyl (C=S) groups is 1. The molecule has 0 amide bonds. The van der Waals surface area contributed by atoms with Gasteiger partial charge in [-0.05, 0) is 48.5 Å². The number of nitrogens with one attached hydrogen (secondary N) is 1. The van der Waals surface area contributed by atoms with E-state index in [9.17, 15) is 10.1 Å². The van der Waals surface area contributed by atoms with Gasteiger partial charge in [-0.2, -0.15) is 5.26 Å². The number of carbonyl (C=O) groups excluding carboxylic acids is 1. The molecule has 0 radical (unpaired) electrons. The number of hydrogen-bond donors (Lipinski definition) is 1.